The van der Waals surface area contributed by atoms with E-state index in [-0.39, 0.29) is 48.8 Å². The summed E-state index contributed by atoms with van der Waals surface area (Å²) in [6.45, 7) is 4.26. The van der Waals surface area contributed by atoms with Gasteiger partial charge in [0, 0.05) is 38.2 Å². The molecule has 7 heteroatoms. The zero-order valence-corrected chi connectivity index (χ0v) is 21.9. The molecule has 0 radical (unpaired) electrons. The quantitative estimate of drug-likeness (QED) is 0.451. The number of carbonyl (C=O) groups is 2. The first-order valence-corrected chi connectivity index (χ1v) is 13.3. The third kappa shape index (κ3) is 6.86. The van der Waals surface area contributed by atoms with Crippen LogP contribution in [0.5, 0.6) is 0 Å². The van der Waals surface area contributed by atoms with E-state index in [4.69, 9.17) is 4.74 Å². The Kier molecular flexibility index (Phi) is 9.50. The lowest BCUT2D eigenvalue weighted by molar-refractivity contribution is -0.134. The molecule has 2 aromatic carbocycles. The Balaban J connectivity index is 1.32. The van der Waals surface area contributed by atoms with Crippen LogP contribution in [0.4, 0.5) is 5.69 Å². The summed E-state index contributed by atoms with van der Waals surface area (Å²) in [5, 5.41) is 16.2. The van der Waals surface area contributed by atoms with Crippen molar-refractivity contribution in [2.45, 2.75) is 51.3 Å². The number of rotatable bonds is 9. The molecule has 0 saturated carbocycles. The molecule has 4 rings (SSSR count). The van der Waals surface area contributed by atoms with Crippen LogP contribution in [0.3, 0.4) is 0 Å². The van der Waals surface area contributed by atoms with Crippen molar-refractivity contribution in [2.75, 3.05) is 32.1 Å². The van der Waals surface area contributed by atoms with Crippen molar-refractivity contribution in [1.29, 1.82) is 0 Å². The number of amides is 2. The number of aliphatic hydroxyl groups is 1. The number of hydrogen-bond acceptors (Lipinski definition) is 5. The molecular weight excluding hydrogens is 466 g/mol. The van der Waals surface area contributed by atoms with E-state index >= 15 is 0 Å². The molecule has 4 atom stereocenters. The first-order valence-electron chi connectivity index (χ1n) is 13.3. The van der Waals surface area contributed by atoms with E-state index < -0.39 is 0 Å². The fourth-order valence-corrected chi connectivity index (χ4v) is 5.37. The van der Waals surface area contributed by atoms with Gasteiger partial charge in [-0.3, -0.25) is 9.59 Å². The highest BCUT2D eigenvalue weighted by molar-refractivity contribution is 5.92. The van der Waals surface area contributed by atoms with Gasteiger partial charge >= 0.3 is 0 Å². The molecule has 1 saturated heterocycles. The lowest BCUT2D eigenvalue weighted by Crippen LogP contribution is -2.46. The molecule has 7 nitrogen and oxygen atoms in total. The Morgan fingerprint density at radius 2 is 1.95 bits per heavy atom. The van der Waals surface area contributed by atoms with Gasteiger partial charge < -0.3 is 25.4 Å². The molecule has 37 heavy (non-hydrogen) atoms. The number of hydrogen-bond donors (Lipinski definition) is 3. The van der Waals surface area contributed by atoms with Gasteiger partial charge in [-0.1, -0.05) is 55.5 Å². The third-order valence-electron chi connectivity index (χ3n) is 7.52. The molecule has 1 fully saturated rings. The van der Waals surface area contributed by atoms with Crippen molar-refractivity contribution in [3.8, 4) is 0 Å². The van der Waals surface area contributed by atoms with Crippen molar-refractivity contribution in [3.63, 3.8) is 0 Å². The maximum atomic E-state index is 13.0. The largest absolute Gasteiger partial charge is 0.394 e. The second-order valence-corrected chi connectivity index (χ2v) is 10.1. The molecule has 0 aromatic heterocycles. The molecule has 2 aliphatic heterocycles. The lowest BCUT2D eigenvalue weighted by atomic mass is 9.93. The molecule has 2 aromatic rings. The van der Waals surface area contributed by atoms with Crippen LogP contribution < -0.4 is 10.6 Å². The molecule has 2 heterocycles. The Hall–Kier alpha value is -3.00. The highest BCUT2D eigenvalue weighted by Gasteiger charge is 2.28. The van der Waals surface area contributed by atoms with E-state index in [0.717, 1.165) is 42.7 Å². The molecule has 1 unspecified atom stereocenters. The first-order chi connectivity index (χ1) is 18.0. The van der Waals surface area contributed by atoms with Crippen molar-refractivity contribution in [2.24, 2.45) is 11.8 Å². The second kappa shape index (κ2) is 13.0. The number of methoxy groups -OCH3 is 1. The van der Waals surface area contributed by atoms with E-state index in [1.165, 1.54) is 5.56 Å². The smallest absolute Gasteiger partial charge is 0.228 e. The van der Waals surface area contributed by atoms with E-state index in [2.05, 4.69) is 23.6 Å². The number of carbonyl (C=O) groups excluding carboxylic acids is 2. The summed E-state index contributed by atoms with van der Waals surface area (Å²) in [6, 6.07) is 15.7. The van der Waals surface area contributed by atoms with E-state index in [1.807, 2.05) is 54.6 Å². The molecule has 198 valence electrons. The Morgan fingerprint density at radius 3 is 2.62 bits per heavy atom. The van der Waals surface area contributed by atoms with Gasteiger partial charge in [0.1, 0.15) is 0 Å². The van der Waals surface area contributed by atoms with E-state index in [9.17, 15) is 14.7 Å². The summed E-state index contributed by atoms with van der Waals surface area (Å²) in [6.07, 6.45) is 6.65. The summed E-state index contributed by atoms with van der Waals surface area (Å²) in [4.78, 5) is 27.3. The molecule has 0 bridgehead atoms. The number of fused-ring (bicyclic) bond motifs is 1. The SMILES string of the molecule is CO[C@H](c1ccc(NC(=O)C2CCCNC2)cc1)[C@H](C)/C=C/CC(=O)N1Cc2ccccc2C[C@H]1CO. The highest BCUT2D eigenvalue weighted by Crippen LogP contribution is 2.28. The summed E-state index contributed by atoms with van der Waals surface area (Å²) < 4.78 is 5.79. The van der Waals surface area contributed by atoms with Crippen LogP contribution in [0, 0.1) is 11.8 Å². The molecule has 0 aliphatic carbocycles. The topological polar surface area (TPSA) is 90.9 Å². The minimum absolute atomic E-state index is 0.0132. The van der Waals surface area contributed by atoms with Crippen molar-refractivity contribution in [3.05, 3.63) is 77.4 Å². The monoisotopic (exact) mass is 505 g/mol. The van der Waals surface area contributed by atoms with Crippen LogP contribution in [0.25, 0.3) is 0 Å². The number of ether oxygens (including phenoxy) is 1. The Morgan fingerprint density at radius 1 is 1.19 bits per heavy atom. The van der Waals surface area contributed by atoms with Crippen LogP contribution in [-0.4, -0.2) is 54.7 Å². The van der Waals surface area contributed by atoms with Gasteiger partial charge in [-0.05, 0) is 54.6 Å². The fourth-order valence-electron chi connectivity index (χ4n) is 5.37. The number of nitrogens with one attached hydrogen (secondary N) is 2. The van der Waals surface area contributed by atoms with Gasteiger partial charge in [-0.2, -0.15) is 0 Å². The maximum Gasteiger partial charge on any atom is 0.228 e. The zero-order chi connectivity index (χ0) is 26.2. The Bertz CT molecular complexity index is 1080. The minimum Gasteiger partial charge on any atom is -0.394 e. The molecular formula is C30H39N3O4. The van der Waals surface area contributed by atoms with Crippen molar-refractivity contribution >= 4 is 17.5 Å². The summed E-state index contributed by atoms with van der Waals surface area (Å²) in [5.41, 5.74) is 4.14. The number of anilines is 1. The van der Waals surface area contributed by atoms with Gasteiger partial charge in [0.25, 0.3) is 0 Å². The van der Waals surface area contributed by atoms with Crippen molar-refractivity contribution in [1.82, 2.24) is 10.2 Å². The number of benzene rings is 2. The average Bonchev–Trinajstić information content (AvgIpc) is 2.94. The fraction of sp³-hybridized carbons (Fsp3) is 0.467. The number of nitrogens with zero attached hydrogens (tertiary/aromatic N) is 1. The van der Waals surface area contributed by atoms with Gasteiger partial charge in [0.2, 0.25) is 11.8 Å². The van der Waals surface area contributed by atoms with Gasteiger partial charge in [-0.15, -0.1) is 0 Å². The van der Waals surface area contributed by atoms with Gasteiger partial charge in [0.15, 0.2) is 0 Å². The van der Waals surface area contributed by atoms with Crippen molar-refractivity contribution < 1.29 is 19.4 Å². The first kappa shape index (κ1) is 27.0. The van der Waals surface area contributed by atoms with Crippen LogP contribution in [-0.2, 0) is 27.3 Å². The van der Waals surface area contributed by atoms with Crippen LogP contribution in [0.15, 0.2) is 60.7 Å². The molecule has 3 N–H and O–H groups in total. The lowest BCUT2D eigenvalue weighted by Gasteiger charge is -2.36. The highest BCUT2D eigenvalue weighted by atomic mass is 16.5. The standard InChI is InChI=1S/C30H39N3O4/c1-21(7-5-11-28(35)33-19-25-9-4-3-8-23(25)17-27(33)20-34)29(37-2)22-12-14-26(15-13-22)32-30(36)24-10-6-16-31-18-24/h3-5,7-9,12-15,21,24,27,29,31,34H,6,10-11,16-20H2,1-2H3,(H,32,36)/b7-5+/t21-,24?,27+,29+/m1/s1. The van der Waals surface area contributed by atoms with E-state index in [0.29, 0.717) is 13.0 Å². The Labute approximate surface area is 219 Å². The third-order valence-corrected chi connectivity index (χ3v) is 7.52. The van der Waals surface area contributed by atoms with E-state index in [1.54, 1.807) is 12.0 Å². The summed E-state index contributed by atoms with van der Waals surface area (Å²) in [7, 11) is 1.68. The van der Waals surface area contributed by atoms with Gasteiger partial charge in [-0.25, -0.2) is 0 Å². The number of aliphatic hydroxyl groups excluding tert-OH is 1. The summed E-state index contributed by atoms with van der Waals surface area (Å²) in [5.74, 6) is 0.131. The molecule has 2 aliphatic rings. The predicted octanol–water partition coefficient (Wildman–Crippen LogP) is 3.84. The number of piperidine rings is 1. The van der Waals surface area contributed by atoms with Crippen LogP contribution in [0.1, 0.15) is 49.0 Å². The average molecular weight is 506 g/mol. The summed E-state index contributed by atoms with van der Waals surface area (Å²) >= 11 is 0. The van der Waals surface area contributed by atoms with Crippen LogP contribution in [0.2, 0.25) is 0 Å². The molecule has 0 spiro atoms. The normalized spacial score (nSPS) is 21.3. The second-order valence-electron chi connectivity index (χ2n) is 10.1. The maximum absolute atomic E-state index is 13.0. The van der Waals surface area contributed by atoms with Gasteiger partial charge in [0.05, 0.1) is 24.7 Å². The van der Waals surface area contributed by atoms with Crippen LogP contribution >= 0.6 is 0 Å². The zero-order valence-electron chi connectivity index (χ0n) is 21.9. The minimum atomic E-state index is -0.187. The predicted molar refractivity (Wildman–Crippen MR) is 145 cm³/mol. The molecule has 2 amide bonds.